The van der Waals surface area contributed by atoms with Crippen LogP contribution in [0.3, 0.4) is 0 Å². The number of carbonyl (C=O) groups is 2. The lowest BCUT2D eigenvalue weighted by Gasteiger charge is -2.13. The lowest BCUT2D eigenvalue weighted by Crippen LogP contribution is -2.23. The molecule has 0 aliphatic rings. The van der Waals surface area contributed by atoms with Crippen LogP contribution in [-0.2, 0) is 0 Å². The zero-order chi connectivity index (χ0) is 15.4. The van der Waals surface area contributed by atoms with E-state index in [2.05, 4.69) is 0 Å². The van der Waals surface area contributed by atoms with Crippen LogP contribution >= 0.6 is 0 Å². The lowest BCUT2D eigenvalue weighted by molar-refractivity contribution is 0.0955. The first-order valence-electron chi connectivity index (χ1n) is 6.14. The summed E-state index contributed by atoms with van der Waals surface area (Å²) in [7, 11) is 6.92. The molecule has 0 aromatic heterocycles. The van der Waals surface area contributed by atoms with Crippen LogP contribution in [0.5, 0.6) is 11.5 Å². The van der Waals surface area contributed by atoms with Crippen molar-refractivity contribution in [3.63, 3.8) is 0 Å². The predicted molar refractivity (Wildman–Crippen MR) is 75.5 cm³/mol. The summed E-state index contributed by atoms with van der Waals surface area (Å²) in [4.78, 5) is 27.3. The molecule has 6 heteroatoms. The number of hydrogen-bond donors (Lipinski definition) is 2. The molecule has 1 aromatic rings. The van der Waals surface area contributed by atoms with Crippen molar-refractivity contribution in [3.05, 3.63) is 23.3 Å². The summed E-state index contributed by atoms with van der Waals surface area (Å²) in [5.74, 6) is -1.27. The van der Waals surface area contributed by atoms with E-state index in [0.717, 1.165) is 6.07 Å². The van der Waals surface area contributed by atoms with Gasteiger partial charge in [0.1, 0.15) is 11.5 Å². The van der Waals surface area contributed by atoms with Crippen molar-refractivity contribution >= 4 is 11.6 Å². The van der Waals surface area contributed by atoms with E-state index >= 15 is 0 Å². The second-order valence-corrected chi connectivity index (χ2v) is 5.21. The van der Waals surface area contributed by atoms with E-state index in [1.165, 1.54) is 6.07 Å². The van der Waals surface area contributed by atoms with E-state index in [1.807, 2.05) is 0 Å². The summed E-state index contributed by atoms with van der Waals surface area (Å²) in [6.07, 6.45) is 0. The van der Waals surface area contributed by atoms with Crippen molar-refractivity contribution in [1.29, 1.82) is 0 Å². The number of likely N-dealkylation sites (N-methyl/N-ethyl adjacent to an activating group) is 2. The molecule has 0 spiro atoms. The Morgan fingerprint density at radius 1 is 0.850 bits per heavy atom. The lowest BCUT2D eigenvalue weighted by atomic mass is 10.0. The fourth-order valence-electron chi connectivity index (χ4n) is 1.77. The SMILES string of the molecule is CN(C)CC(=O)c1cc(C(=O)CN(C)C)c(O)cc1O. The monoisotopic (exact) mass is 280 g/mol. The van der Waals surface area contributed by atoms with Crippen LogP contribution in [0.25, 0.3) is 0 Å². The smallest absolute Gasteiger partial charge is 0.180 e. The molecular formula is C14H20N2O4. The average Bonchev–Trinajstić information content (AvgIpc) is 2.26. The van der Waals surface area contributed by atoms with Crippen molar-refractivity contribution in [2.45, 2.75) is 0 Å². The van der Waals surface area contributed by atoms with Gasteiger partial charge in [-0.05, 0) is 34.3 Å². The second kappa shape index (κ2) is 6.49. The zero-order valence-electron chi connectivity index (χ0n) is 12.2. The molecule has 0 aliphatic carbocycles. The van der Waals surface area contributed by atoms with Gasteiger partial charge in [0.05, 0.1) is 24.2 Å². The normalized spacial score (nSPS) is 11.1. The first-order valence-corrected chi connectivity index (χ1v) is 6.14. The van der Waals surface area contributed by atoms with Crippen LogP contribution in [-0.4, -0.2) is 72.9 Å². The number of ketones is 2. The summed E-state index contributed by atoms with van der Waals surface area (Å²) in [6, 6.07) is 2.29. The molecule has 0 saturated carbocycles. The molecule has 0 amide bonds. The van der Waals surface area contributed by atoms with Gasteiger partial charge in [0, 0.05) is 6.07 Å². The largest absolute Gasteiger partial charge is 0.507 e. The van der Waals surface area contributed by atoms with Gasteiger partial charge in [-0.3, -0.25) is 9.59 Å². The molecule has 0 fully saturated rings. The first-order chi connectivity index (χ1) is 9.22. The van der Waals surface area contributed by atoms with E-state index in [-0.39, 0.29) is 47.3 Å². The van der Waals surface area contributed by atoms with Crippen molar-refractivity contribution in [2.24, 2.45) is 0 Å². The number of benzene rings is 1. The number of Topliss-reactive ketones (excluding diaryl/α,β-unsaturated/α-hetero) is 2. The van der Waals surface area contributed by atoms with Crippen LogP contribution in [0, 0.1) is 0 Å². The molecule has 1 rings (SSSR count). The third kappa shape index (κ3) is 4.04. The third-order valence-corrected chi connectivity index (χ3v) is 2.63. The van der Waals surface area contributed by atoms with Gasteiger partial charge < -0.3 is 20.0 Å². The van der Waals surface area contributed by atoms with E-state index in [0.29, 0.717) is 0 Å². The van der Waals surface area contributed by atoms with Crippen LogP contribution < -0.4 is 0 Å². The van der Waals surface area contributed by atoms with Crippen LogP contribution in [0.4, 0.5) is 0 Å². The van der Waals surface area contributed by atoms with E-state index < -0.39 is 0 Å². The number of phenolic OH excluding ortho intramolecular Hbond substituents is 2. The first kappa shape index (κ1) is 16.1. The molecule has 1 aromatic carbocycles. The summed E-state index contributed by atoms with van der Waals surface area (Å²) >= 11 is 0. The fraction of sp³-hybridized carbons (Fsp3) is 0.429. The van der Waals surface area contributed by atoms with E-state index in [4.69, 9.17) is 0 Å². The molecular weight excluding hydrogens is 260 g/mol. The number of hydrogen-bond acceptors (Lipinski definition) is 6. The molecule has 0 atom stereocenters. The van der Waals surface area contributed by atoms with Gasteiger partial charge >= 0.3 is 0 Å². The minimum absolute atomic E-state index is 0.0404. The van der Waals surface area contributed by atoms with E-state index in [9.17, 15) is 19.8 Å². The molecule has 0 unspecified atom stereocenters. The third-order valence-electron chi connectivity index (χ3n) is 2.63. The van der Waals surface area contributed by atoms with Gasteiger partial charge in [-0.25, -0.2) is 0 Å². The molecule has 20 heavy (non-hydrogen) atoms. The highest BCUT2D eigenvalue weighted by atomic mass is 16.3. The fourth-order valence-corrected chi connectivity index (χ4v) is 1.77. The van der Waals surface area contributed by atoms with Gasteiger partial charge in [0.2, 0.25) is 0 Å². The van der Waals surface area contributed by atoms with Crippen molar-refractivity contribution in [1.82, 2.24) is 9.80 Å². The van der Waals surface area contributed by atoms with Gasteiger partial charge in [0.25, 0.3) is 0 Å². The molecule has 0 aliphatic heterocycles. The predicted octanol–water partition coefficient (Wildman–Crippen LogP) is 0.586. The molecule has 0 saturated heterocycles. The number of rotatable bonds is 6. The number of nitrogens with zero attached hydrogens (tertiary/aromatic N) is 2. The van der Waals surface area contributed by atoms with Gasteiger partial charge in [0.15, 0.2) is 11.6 Å². The molecule has 6 nitrogen and oxygen atoms in total. The Morgan fingerprint density at radius 3 is 1.50 bits per heavy atom. The summed E-state index contributed by atoms with van der Waals surface area (Å²) < 4.78 is 0. The average molecular weight is 280 g/mol. The quantitative estimate of drug-likeness (QED) is 0.742. The van der Waals surface area contributed by atoms with Crippen molar-refractivity contribution < 1.29 is 19.8 Å². The van der Waals surface area contributed by atoms with Crippen molar-refractivity contribution in [2.75, 3.05) is 41.3 Å². The standard InChI is InChI=1S/C14H20N2O4/c1-15(2)7-13(19)9-5-10(12(18)6-11(9)17)14(20)8-16(3)4/h5-6,17-18H,7-8H2,1-4H3. The Hall–Kier alpha value is -1.92. The summed E-state index contributed by atoms with van der Waals surface area (Å²) in [5, 5.41) is 19.5. The number of carbonyl (C=O) groups excluding carboxylic acids is 2. The molecule has 0 bridgehead atoms. The second-order valence-electron chi connectivity index (χ2n) is 5.21. The Bertz CT molecular complexity index is 481. The number of phenols is 2. The minimum atomic E-state index is -0.323. The molecule has 2 N–H and O–H groups in total. The van der Waals surface area contributed by atoms with Crippen LogP contribution in [0.1, 0.15) is 20.7 Å². The maximum atomic E-state index is 12.0. The Labute approximate surface area is 118 Å². The summed E-state index contributed by atoms with van der Waals surface area (Å²) in [6.45, 7) is 0.222. The summed E-state index contributed by atoms with van der Waals surface area (Å²) in [5.41, 5.74) is 0.0808. The van der Waals surface area contributed by atoms with Crippen LogP contribution in [0.2, 0.25) is 0 Å². The highest BCUT2D eigenvalue weighted by Crippen LogP contribution is 2.28. The number of aromatic hydroxyl groups is 2. The van der Waals surface area contributed by atoms with Crippen molar-refractivity contribution in [3.8, 4) is 11.5 Å². The zero-order valence-corrected chi connectivity index (χ0v) is 12.2. The van der Waals surface area contributed by atoms with E-state index in [1.54, 1.807) is 38.0 Å². The maximum absolute atomic E-state index is 12.0. The Balaban J connectivity index is 3.15. The highest BCUT2D eigenvalue weighted by Gasteiger charge is 2.19. The minimum Gasteiger partial charge on any atom is -0.507 e. The molecule has 0 radical (unpaired) electrons. The highest BCUT2D eigenvalue weighted by molar-refractivity contribution is 6.05. The molecule has 0 heterocycles. The van der Waals surface area contributed by atoms with Gasteiger partial charge in [-0.2, -0.15) is 0 Å². The Morgan fingerprint density at radius 2 is 1.20 bits per heavy atom. The maximum Gasteiger partial charge on any atom is 0.180 e. The molecule has 110 valence electrons. The van der Waals surface area contributed by atoms with Crippen LogP contribution in [0.15, 0.2) is 12.1 Å². The topological polar surface area (TPSA) is 81.1 Å². The Kier molecular flexibility index (Phi) is 5.24. The van der Waals surface area contributed by atoms with Gasteiger partial charge in [-0.15, -0.1) is 0 Å². The van der Waals surface area contributed by atoms with Gasteiger partial charge in [-0.1, -0.05) is 0 Å².